The maximum atomic E-state index is 12.8. The fraction of sp³-hybridized carbons (Fsp3) is 0.588. The third-order valence-electron chi connectivity index (χ3n) is 4.62. The van der Waals surface area contributed by atoms with Gasteiger partial charge >= 0.3 is 0 Å². The van der Waals surface area contributed by atoms with E-state index in [1.807, 2.05) is 14.0 Å². The van der Waals surface area contributed by atoms with Crippen LogP contribution in [0.4, 0.5) is 0 Å². The van der Waals surface area contributed by atoms with Crippen LogP contribution in [0.15, 0.2) is 11.1 Å². The van der Waals surface area contributed by atoms with E-state index in [4.69, 9.17) is 0 Å². The Bertz CT molecular complexity index is 802. The number of hydrogen-bond donors (Lipinski definition) is 2. The van der Waals surface area contributed by atoms with Gasteiger partial charge in [-0.15, -0.1) is 23.7 Å². The minimum absolute atomic E-state index is 0. The van der Waals surface area contributed by atoms with Crippen LogP contribution in [-0.2, 0) is 24.2 Å². The van der Waals surface area contributed by atoms with Crippen molar-refractivity contribution in [3.05, 3.63) is 27.1 Å². The summed E-state index contributed by atoms with van der Waals surface area (Å²) >= 11 is 1.65. The monoisotopic (exact) mass is 384 g/mol. The number of likely N-dealkylation sites (N-methyl/N-ethyl adjacent to an activating group) is 1. The SMILES string of the molecule is CNC(C)CNC(=O)CCn1cnc2sc3c(c2c1=O)CCCC3.Cl. The molecule has 0 saturated carbocycles. The van der Waals surface area contributed by atoms with Crippen LogP contribution in [0, 0.1) is 0 Å². The van der Waals surface area contributed by atoms with Crippen molar-refractivity contribution in [2.45, 2.75) is 51.6 Å². The predicted molar refractivity (Wildman–Crippen MR) is 104 cm³/mol. The van der Waals surface area contributed by atoms with E-state index in [-0.39, 0.29) is 36.3 Å². The van der Waals surface area contributed by atoms with Crippen molar-refractivity contribution in [3.8, 4) is 0 Å². The number of carbonyl (C=O) groups excluding carboxylic acids is 1. The van der Waals surface area contributed by atoms with Gasteiger partial charge in [-0.25, -0.2) is 4.98 Å². The lowest BCUT2D eigenvalue weighted by molar-refractivity contribution is -0.121. The molecule has 8 heteroatoms. The molecule has 2 aromatic rings. The molecule has 0 aliphatic heterocycles. The van der Waals surface area contributed by atoms with Crippen molar-refractivity contribution < 1.29 is 4.79 Å². The van der Waals surface area contributed by atoms with Crippen LogP contribution >= 0.6 is 23.7 Å². The van der Waals surface area contributed by atoms with Gasteiger partial charge in [0.2, 0.25) is 5.91 Å². The molecule has 2 aromatic heterocycles. The summed E-state index contributed by atoms with van der Waals surface area (Å²) in [6.07, 6.45) is 6.23. The average molecular weight is 385 g/mol. The lowest BCUT2D eigenvalue weighted by Gasteiger charge is -2.12. The van der Waals surface area contributed by atoms with Crippen molar-refractivity contribution >= 4 is 39.9 Å². The van der Waals surface area contributed by atoms with Gasteiger partial charge in [0, 0.05) is 30.4 Å². The molecule has 0 radical (unpaired) electrons. The quantitative estimate of drug-likeness (QED) is 0.797. The van der Waals surface area contributed by atoms with Gasteiger partial charge in [-0.2, -0.15) is 0 Å². The van der Waals surface area contributed by atoms with Gasteiger partial charge in [0.25, 0.3) is 5.56 Å². The van der Waals surface area contributed by atoms with Crippen molar-refractivity contribution in [1.29, 1.82) is 0 Å². The summed E-state index contributed by atoms with van der Waals surface area (Å²) in [6.45, 7) is 2.95. The van der Waals surface area contributed by atoms with E-state index in [2.05, 4.69) is 15.6 Å². The fourth-order valence-electron chi connectivity index (χ4n) is 3.02. The molecule has 6 nitrogen and oxygen atoms in total. The van der Waals surface area contributed by atoms with Crippen LogP contribution in [0.5, 0.6) is 0 Å². The van der Waals surface area contributed by atoms with Gasteiger partial charge in [-0.3, -0.25) is 14.2 Å². The molecule has 0 fully saturated rings. The molecule has 1 atom stereocenters. The van der Waals surface area contributed by atoms with Gasteiger partial charge in [-0.1, -0.05) is 0 Å². The highest BCUT2D eigenvalue weighted by atomic mass is 35.5. The summed E-state index contributed by atoms with van der Waals surface area (Å²) in [5.41, 5.74) is 1.19. The number of nitrogens with one attached hydrogen (secondary N) is 2. The number of rotatable bonds is 6. The topological polar surface area (TPSA) is 76.0 Å². The highest BCUT2D eigenvalue weighted by Gasteiger charge is 2.20. The standard InChI is InChI=1S/C17H24N4O2S.ClH/c1-11(18-2)9-19-14(22)7-8-21-10-20-16-15(17(21)23)12-5-3-4-6-13(12)24-16;/h10-11,18H,3-9H2,1-2H3,(H,19,22);1H. The molecule has 0 saturated heterocycles. The van der Waals surface area contributed by atoms with Crippen molar-refractivity contribution in [3.63, 3.8) is 0 Å². The molecule has 1 unspecified atom stereocenters. The molecular formula is C17H25ClN4O2S. The first-order chi connectivity index (χ1) is 11.6. The Labute approximate surface area is 157 Å². The smallest absolute Gasteiger partial charge is 0.262 e. The number of hydrogen-bond acceptors (Lipinski definition) is 5. The van der Waals surface area contributed by atoms with Crippen LogP contribution in [0.25, 0.3) is 10.2 Å². The van der Waals surface area contributed by atoms with Gasteiger partial charge in [0.05, 0.1) is 11.7 Å². The van der Waals surface area contributed by atoms with Gasteiger partial charge in [0.15, 0.2) is 0 Å². The summed E-state index contributed by atoms with van der Waals surface area (Å²) in [7, 11) is 1.86. The number of thiophene rings is 1. The van der Waals surface area contributed by atoms with Crippen molar-refractivity contribution in [1.82, 2.24) is 20.2 Å². The van der Waals surface area contributed by atoms with Crippen LogP contribution in [0.3, 0.4) is 0 Å². The van der Waals surface area contributed by atoms with Crippen LogP contribution in [-0.4, -0.2) is 35.1 Å². The average Bonchev–Trinajstić information content (AvgIpc) is 2.98. The minimum atomic E-state index is -0.0450. The van der Waals surface area contributed by atoms with E-state index in [0.717, 1.165) is 29.5 Å². The van der Waals surface area contributed by atoms with Gasteiger partial charge < -0.3 is 10.6 Å². The molecule has 3 rings (SSSR count). The van der Waals surface area contributed by atoms with Crippen molar-refractivity contribution in [2.24, 2.45) is 0 Å². The van der Waals surface area contributed by atoms with Crippen molar-refractivity contribution in [2.75, 3.05) is 13.6 Å². The fourth-order valence-corrected chi connectivity index (χ4v) is 4.24. The molecule has 25 heavy (non-hydrogen) atoms. The lowest BCUT2D eigenvalue weighted by Crippen LogP contribution is -2.37. The zero-order chi connectivity index (χ0) is 17.1. The number of aryl methyl sites for hydroxylation is 3. The largest absolute Gasteiger partial charge is 0.354 e. The molecule has 1 amide bonds. The second-order valence-electron chi connectivity index (χ2n) is 6.38. The number of nitrogens with zero attached hydrogens (tertiary/aromatic N) is 2. The molecule has 2 N–H and O–H groups in total. The summed E-state index contributed by atoms with van der Waals surface area (Å²) < 4.78 is 1.57. The molecule has 2 heterocycles. The number of carbonyl (C=O) groups is 1. The normalized spacial score (nSPS) is 14.6. The Balaban J connectivity index is 0.00000225. The Morgan fingerprint density at radius 3 is 2.92 bits per heavy atom. The third kappa shape index (κ3) is 4.40. The Morgan fingerprint density at radius 1 is 1.40 bits per heavy atom. The molecule has 0 spiro atoms. The van der Waals surface area contributed by atoms with E-state index >= 15 is 0 Å². The molecule has 1 aliphatic rings. The summed E-state index contributed by atoms with van der Waals surface area (Å²) in [5.74, 6) is -0.0450. The Kier molecular flexibility index (Phi) is 6.98. The summed E-state index contributed by atoms with van der Waals surface area (Å²) in [5, 5.41) is 6.72. The number of halogens is 1. The number of fused-ring (bicyclic) bond motifs is 3. The maximum absolute atomic E-state index is 12.8. The highest BCUT2D eigenvalue weighted by Crippen LogP contribution is 2.33. The Hall–Kier alpha value is -1.44. The minimum Gasteiger partial charge on any atom is -0.354 e. The molecular weight excluding hydrogens is 360 g/mol. The third-order valence-corrected chi connectivity index (χ3v) is 5.82. The van der Waals surface area contributed by atoms with E-state index in [0.29, 0.717) is 13.1 Å². The second kappa shape index (κ2) is 8.78. The first-order valence-electron chi connectivity index (χ1n) is 8.53. The number of aromatic nitrogens is 2. The van der Waals surface area contributed by atoms with E-state index in [1.165, 1.54) is 16.9 Å². The predicted octanol–water partition coefficient (Wildman–Crippen LogP) is 1.87. The first-order valence-corrected chi connectivity index (χ1v) is 9.35. The van der Waals surface area contributed by atoms with Crippen LogP contribution < -0.4 is 16.2 Å². The molecule has 0 aromatic carbocycles. The number of amides is 1. The maximum Gasteiger partial charge on any atom is 0.262 e. The lowest BCUT2D eigenvalue weighted by atomic mass is 9.97. The summed E-state index contributed by atoms with van der Waals surface area (Å²) in [4.78, 5) is 31.3. The summed E-state index contributed by atoms with van der Waals surface area (Å²) in [6, 6.07) is 0.229. The van der Waals surface area contributed by atoms with Crippen LogP contribution in [0.1, 0.15) is 36.6 Å². The molecule has 138 valence electrons. The first kappa shape index (κ1) is 19.9. The van der Waals surface area contributed by atoms with Crippen LogP contribution in [0.2, 0.25) is 0 Å². The zero-order valence-electron chi connectivity index (χ0n) is 14.6. The zero-order valence-corrected chi connectivity index (χ0v) is 16.3. The van der Waals surface area contributed by atoms with Gasteiger partial charge in [0.1, 0.15) is 4.83 Å². The van der Waals surface area contributed by atoms with E-state index in [9.17, 15) is 9.59 Å². The van der Waals surface area contributed by atoms with E-state index in [1.54, 1.807) is 22.2 Å². The molecule has 1 aliphatic carbocycles. The van der Waals surface area contributed by atoms with E-state index < -0.39 is 0 Å². The van der Waals surface area contributed by atoms with Gasteiger partial charge in [-0.05, 0) is 45.2 Å². The Morgan fingerprint density at radius 2 is 2.16 bits per heavy atom. The highest BCUT2D eigenvalue weighted by molar-refractivity contribution is 7.18. The second-order valence-corrected chi connectivity index (χ2v) is 7.46. The molecule has 0 bridgehead atoms.